The van der Waals surface area contributed by atoms with Gasteiger partial charge in [0.2, 0.25) is 0 Å². The molecule has 2 aromatic carbocycles. The van der Waals surface area contributed by atoms with E-state index in [1.54, 1.807) is 59.0 Å². The van der Waals surface area contributed by atoms with Gasteiger partial charge in [0.25, 0.3) is 0 Å². The molecule has 2 aromatic rings. The van der Waals surface area contributed by atoms with E-state index in [9.17, 15) is 14.9 Å². The van der Waals surface area contributed by atoms with Crippen LogP contribution >= 0.6 is 0 Å². The van der Waals surface area contributed by atoms with Crippen molar-refractivity contribution in [2.75, 3.05) is 11.9 Å². The molecule has 0 heterocycles. The van der Waals surface area contributed by atoms with Crippen molar-refractivity contribution >= 4 is 24.4 Å². The third-order valence-electron chi connectivity index (χ3n) is 4.92. The van der Waals surface area contributed by atoms with E-state index in [1.165, 1.54) is 4.90 Å². The summed E-state index contributed by atoms with van der Waals surface area (Å²) in [6.07, 6.45) is -0.475. The third-order valence-corrected chi connectivity index (χ3v) is 4.92. The molecule has 0 bridgehead atoms. The first kappa shape index (κ1) is 21.9. The maximum atomic E-state index is 12.2. The van der Waals surface area contributed by atoms with Gasteiger partial charge in [-0.1, -0.05) is 42.5 Å². The maximum absolute atomic E-state index is 12.2. The lowest BCUT2D eigenvalue weighted by atomic mass is 9.76. The second-order valence-electron chi connectivity index (χ2n) is 7.73. The Kier molecular flexibility index (Phi) is 6.88. The van der Waals surface area contributed by atoms with Crippen LogP contribution in [0.1, 0.15) is 33.3 Å². The van der Waals surface area contributed by atoms with Gasteiger partial charge in [-0.25, -0.2) is 4.79 Å². The van der Waals surface area contributed by atoms with E-state index in [0.29, 0.717) is 11.2 Å². The number of carbonyl (C=O) groups is 1. The van der Waals surface area contributed by atoms with Crippen LogP contribution in [0, 0.1) is 0 Å². The van der Waals surface area contributed by atoms with Gasteiger partial charge >= 0.3 is 13.2 Å². The molecule has 0 radical (unpaired) electrons. The van der Waals surface area contributed by atoms with Crippen LogP contribution in [-0.4, -0.2) is 41.6 Å². The third kappa shape index (κ3) is 5.58. The number of amides is 1. The summed E-state index contributed by atoms with van der Waals surface area (Å²) in [5, 5.41) is 20.5. The SMILES string of the molecule is CN(C(=O)OCc1ccccc1)c1ccc(B(O)OC(C)(C)C(C)(C)O)cc1. The topological polar surface area (TPSA) is 79.2 Å². The summed E-state index contributed by atoms with van der Waals surface area (Å²) in [4.78, 5) is 13.6. The molecule has 1 amide bonds. The van der Waals surface area contributed by atoms with Crippen LogP contribution in [0.2, 0.25) is 0 Å². The van der Waals surface area contributed by atoms with E-state index in [1.807, 2.05) is 30.3 Å². The van der Waals surface area contributed by atoms with Crippen molar-refractivity contribution in [3.05, 3.63) is 60.2 Å². The Labute approximate surface area is 166 Å². The summed E-state index contributed by atoms with van der Waals surface area (Å²) in [6.45, 7) is 6.86. The number of benzene rings is 2. The van der Waals surface area contributed by atoms with Crippen LogP contribution in [0.15, 0.2) is 54.6 Å². The molecule has 150 valence electrons. The summed E-state index contributed by atoms with van der Waals surface area (Å²) in [5.74, 6) is 0. The fourth-order valence-electron chi connectivity index (χ4n) is 2.28. The summed E-state index contributed by atoms with van der Waals surface area (Å²) in [5.41, 5.74) is -0.0306. The maximum Gasteiger partial charge on any atom is 0.491 e. The smallest absolute Gasteiger partial charge is 0.444 e. The lowest BCUT2D eigenvalue weighted by molar-refractivity contribution is -0.0982. The summed E-state index contributed by atoms with van der Waals surface area (Å²) < 4.78 is 10.9. The van der Waals surface area contributed by atoms with Gasteiger partial charge in [-0.15, -0.1) is 0 Å². The van der Waals surface area contributed by atoms with E-state index in [2.05, 4.69) is 0 Å². The highest BCUT2D eigenvalue weighted by Crippen LogP contribution is 2.25. The fourth-order valence-corrected chi connectivity index (χ4v) is 2.28. The molecule has 0 fully saturated rings. The fraction of sp³-hybridized carbons (Fsp3) is 0.381. The highest BCUT2D eigenvalue weighted by molar-refractivity contribution is 6.60. The van der Waals surface area contributed by atoms with Crippen LogP contribution in [0.3, 0.4) is 0 Å². The first-order valence-corrected chi connectivity index (χ1v) is 9.14. The van der Waals surface area contributed by atoms with Crippen LogP contribution in [0.4, 0.5) is 10.5 Å². The van der Waals surface area contributed by atoms with Gasteiger partial charge in [-0.3, -0.25) is 4.90 Å². The molecular weight excluding hydrogens is 357 g/mol. The van der Waals surface area contributed by atoms with Gasteiger partial charge in [0.05, 0.1) is 11.2 Å². The van der Waals surface area contributed by atoms with Crippen LogP contribution in [-0.2, 0) is 16.0 Å². The van der Waals surface area contributed by atoms with E-state index >= 15 is 0 Å². The van der Waals surface area contributed by atoms with E-state index < -0.39 is 24.4 Å². The minimum atomic E-state index is -1.20. The molecule has 0 aliphatic carbocycles. The molecule has 6 nitrogen and oxygen atoms in total. The molecular formula is C21H28BNO5. The number of anilines is 1. The number of hydrogen-bond acceptors (Lipinski definition) is 5. The van der Waals surface area contributed by atoms with Crippen molar-refractivity contribution in [2.45, 2.75) is 45.5 Å². The van der Waals surface area contributed by atoms with Gasteiger partial charge in [0.1, 0.15) is 6.61 Å². The first-order chi connectivity index (χ1) is 13.0. The zero-order valence-electron chi connectivity index (χ0n) is 17.0. The molecule has 2 N–H and O–H groups in total. The zero-order valence-corrected chi connectivity index (χ0v) is 17.0. The second kappa shape index (κ2) is 8.77. The highest BCUT2D eigenvalue weighted by Gasteiger charge is 2.39. The van der Waals surface area contributed by atoms with Crippen LogP contribution in [0.5, 0.6) is 0 Å². The molecule has 28 heavy (non-hydrogen) atoms. The molecule has 0 saturated heterocycles. The van der Waals surface area contributed by atoms with Crippen LogP contribution in [0.25, 0.3) is 0 Å². The van der Waals surface area contributed by atoms with Crippen LogP contribution < -0.4 is 10.4 Å². The number of hydrogen-bond donors (Lipinski definition) is 2. The predicted molar refractivity (Wildman–Crippen MR) is 111 cm³/mol. The summed E-state index contributed by atoms with van der Waals surface area (Å²) in [7, 11) is 0.415. The molecule has 0 spiro atoms. The van der Waals surface area contributed by atoms with Gasteiger partial charge in [0.15, 0.2) is 0 Å². The summed E-state index contributed by atoms with van der Waals surface area (Å²) in [6, 6.07) is 16.2. The number of ether oxygens (including phenoxy) is 1. The Balaban J connectivity index is 1.98. The van der Waals surface area contributed by atoms with E-state index in [4.69, 9.17) is 9.39 Å². The number of aliphatic hydroxyl groups is 1. The van der Waals surface area contributed by atoms with Gasteiger partial charge < -0.3 is 19.5 Å². The van der Waals surface area contributed by atoms with Crippen molar-refractivity contribution < 1.29 is 24.3 Å². The quantitative estimate of drug-likeness (QED) is 0.717. The Bertz CT molecular complexity index is 772. The Morgan fingerprint density at radius 1 is 1.04 bits per heavy atom. The zero-order chi connectivity index (χ0) is 20.9. The minimum Gasteiger partial charge on any atom is -0.444 e. The van der Waals surface area contributed by atoms with Crippen molar-refractivity contribution in [3.8, 4) is 0 Å². The lowest BCUT2D eigenvalue weighted by Gasteiger charge is -2.38. The molecule has 0 aliphatic rings. The predicted octanol–water partition coefficient (Wildman–Crippen LogP) is 2.71. The number of carbonyl (C=O) groups excluding carboxylic acids is 1. The molecule has 7 heteroatoms. The van der Waals surface area contributed by atoms with Gasteiger partial charge in [-0.2, -0.15) is 0 Å². The lowest BCUT2D eigenvalue weighted by Crippen LogP contribution is -2.53. The molecule has 0 aromatic heterocycles. The van der Waals surface area contributed by atoms with Crippen molar-refractivity contribution in [3.63, 3.8) is 0 Å². The van der Waals surface area contributed by atoms with Crippen molar-refractivity contribution in [1.29, 1.82) is 0 Å². The molecule has 0 unspecified atom stereocenters. The second-order valence-corrected chi connectivity index (χ2v) is 7.73. The average molecular weight is 385 g/mol. The van der Waals surface area contributed by atoms with Crippen molar-refractivity contribution in [1.82, 2.24) is 0 Å². The van der Waals surface area contributed by atoms with E-state index in [-0.39, 0.29) is 6.61 Å². The van der Waals surface area contributed by atoms with E-state index in [0.717, 1.165) is 5.56 Å². The normalized spacial score (nSPS) is 11.8. The molecule has 0 atom stereocenters. The number of rotatable bonds is 7. The monoisotopic (exact) mass is 385 g/mol. The standard InChI is InChI=1S/C21H28BNO5/c1-20(2,25)21(3,4)28-22(26)17-11-13-18(14-12-17)23(5)19(24)27-15-16-9-7-6-8-10-16/h6-14,25-26H,15H2,1-5H3. The highest BCUT2D eigenvalue weighted by atomic mass is 16.6. The Hall–Kier alpha value is -2.35. The average Bonchev–Trinajstić information content (AvgIpc) is 2.65. The van der Waals surface area contributed by atoms with Gasteiger partial charge in [0, 0.05) is 12.7 Å². The Morgan fingerprint density at radius 2 is 1.61 bits per heavy atom. The number of nitrogens with zero attached hydrogens (tertiary/aromatic N) is 1. The molecule has 0 aliphatic heterocycles. The molecule has 0 saturated carbocycles. The minimum absolute atomic E-state index is 0.195. The summed E-state index contributed by atoms with van der Waals surface area (Å²) >= 11 is 0. The molecule has 2 rings (SSSR count). The van der Waals surface area contributed by atoms with Gasteiger partial charge in [-0.05, 0) is 50.9 Å². The largest absolute Gasteiger partial charge is 0.491 e. The first-order valence-electron chi connectivity index (χ1n) is 9.14. The van der Waals surface area contributed by atoms with Crippen molar-refractivity contribution in [2.24, 2.45) is 0 Å². The Morgan fingerprint density at radius 3 is 2.14 bits per heavy atom.